The summed E-state index contributed by atoms with van der Waals surface area (Å²) in [7, 11) is 2.02. The first-order chi connectivity index (χ1) is 9.09. The molecule has 1 heterocycles. The number of piperidine rings is 1. The molecule has 3 heteroatoms. The molecule has 1 atom stereocenters. The van der Waals surface area contributed by atoms with Gasteiger partial charge in [0.15, 0.2) is 0 Å². The van der Waals surface area contributed by atoms with Crippen molar-refractivity contribution in [2.45, 2.75) is 32.2 Å². The van der Waals surface area contributed by atoms with Gasteiger partial charge in [-0.3, -0.25) is 0 Å². The van der Waals surface area contributed by atoms with Gasteiger partial charge in [0.25, 0.3) is 0 Å². The van der Waals surface area contributed by atoms with Crippen LogP contribution < -0.4 is 10.2 Å². The van der Waals surface area contributed by atoms with Crippen LogP contribution in [0.3, 0.4) is 0 Å². The van der Waals surface area contributed by atoms with Crippen LogP contribution in [-0.4, -0.2) is 25.7 Å². The van der Waals surface area contributed by atoms with Crippen LogP contribution in [0.15, 0.2) is 24.3 Å². The first kappa shape index (κ1) is 13.9. The Morgan fingerprint density at radius 1 is 1.47 bits per heavy atom. The van der Waals surface area contributed by atoms with Gasteiger partial charge in [-0.25, -0.2) is 0 Å². The Hall–Kier alpha value is -1.53. The molecular weight excluding hydrogens is 234 g/mol. The van der Waals surface area contributed by atoms with Crippen molar-refractivity contribution in [2.24, 2.45) is 5.92 Å². The fourth-order valence-electron chi connectivity index (χ4n) is 3.16. The number of nitriles is 1. The Labute approximate surface area is 116 Å². The van der Waals surface area contributed by atoms with Gasteiger partial charge < -0.3 is 10.2 Å². The molecule has 0 amide bonds. The summed E-state index contributed by atoms with van der Waals surface area (Å²) in [4.78, 5) is 2.46. The lowest BCUT2D eigenvalue weighted by Crippen LogP contribution is -2.55. The number of hydrogen-bond acceptors (Lipinski definition) is 3. The summed E-state index contributed by atoms with van der Waals surface area (Å²) in [5, 5.41) is 12.4. The highest BCUT2D eigenvalue weighted by molar-refractivity contribution is 5.53. The Bertz CT molecular complexity index is 471. The summed E-state index contributed by atoms with van der Waals surface area (Å²) in [6.45, 7) is 6.74. The molecule has 0 saturated carbocycles. The molecule has 0 spiro atoms. The van der Waals surface area contributed by atoms with Crippen molar-refractivity contribution in [3.63, 3.8) is 0 Å². The molecule has 1 saturated heterocycles. The van der Waals surface area contributed by atoms with Gasteiger partial charge >= 0.3 is 0 Å². The van der Waals surface area contributed by atoms with Crippen LogP contribution in [0.25, 0.3) is 0 Å². The molecule has 102 valence electrons. The van der Waals surface area contributed by atoms with Crippen molar-refractivity contribution in [1.82, 2.24) is 5.32 Å². The molecule has 0 aliphatic carbocycles. The molecule has 1 fully saturated rings. The van der Waals surface area contributed by atoms with Crippen molar-refractivity contribution in [2.75, 3.05) is 25.0 Å². The Balaban J connectivity index is 2.29. The van der Waals surface area contributed by atoms with Gasteiger partial charge in [0.05, 0.1) is 11.6 Å². The highest BCUT2D eigenvalue weighted by Crippen LogP contribution is 2.36. The average molecular weight is 257 g/mol. The van der Waals surface area contributed by atoms with E-state index < -0.39 is 0 Å². The summed E-state index contributed by atoms with van der Waals surface area (Å²) < 4.78 is 0. The smallest absolute Gasteiger partial charge is 0.0992 e. The lowest BCUT2D eigenvalue weighted by Gasteiger charge is -2.49. The van der Waals surface area contributed by atoms with E-state index in [9.17, 15) is 0 Å². The Morgan fingerprint density at radius 2 is 2.26 bits per heavy atom. The fraction of sp³-hybridized carbons (Fsp3) is 0.562. The largest absolute Gasteiger partial charge is 0.366 e. The first-order valence-electron chi connectivity index (χ1n) is 7.02. The maximum atomic E-state index is 9.05. The second-order valence-corrected chi connectivity index (χ2v) is 5.86. The normalized spacial score (nSPS) is 22.0. The zero-order valence-electron chi connectivity index (χ0n) is 12.1. The molecule has 1 aromatic rings. The molecular formula is C16H23N3. The van der Waals surface area contributed by atoms with E-state index in [1.54, 1.807) is 0 Å². The van der Waals surface area contributed by atoms with Gasteiger partial charge in [-0.1, -0.05) is 6.07 Å². The monoisotopic (exact) mass is 257 g/mol. The number of nitrogens with zero attached hydrogens (tertiary/aromatic N) is 2. The lowest BCUT2D eigenvalue weighted by molar-refractivity contribution is 0.235. The van der Waals surface area contributed by atoms with E-state index in [1.165, 1.54) is 18.5 Å². The molecule has 0 bridgehead atoms. The first-order valence-corrected chi connectivity index (χ1v) is 7.02. The van der Waals surface area contributed by atoms with Crippen molar-refractivity contribution >= 4 is 5.69 Å². The fourth-order valence-corrected chi connectivity index (χ4v) is 3.16. The van der Waals surface area contributed by atoms with Crippen LogP contribution in [0.2, 0.25) is 0 Å². The van der Waals surface area contributed by atoms with E-state index in [1.807, 2.05) is 25.2 Å². The predicted molar refractivity (Wildman–Crippen MR) is 79.2 cm³/mol. The zero-order chi connectivity index (χ0) is 13.9. The minimum Gasteiger partial charge on any atom is -0.366 e. The van der Waals surface area contributed by atoms with E-state index >= 15 is 0 Å². The van der Waals surface area contributed by atoms with E-state index in [0.29, 0.717) is 5.92 Å². The van der Waals surface area contributed by atoms with Gasteiger partial charge in [0.1, 0.15) is 0 Å². The van der Waals surface area contributed by atoms with Crippen molar-refractivity contribution in [3.8, 4) is 6.07 Å². The van der Waals surface area contributed by atoms with Crippen LogP contribution in [-0.2, 0) is 0 Å². The maximum absolute atomic E-state index is 9.05. The molecule has 1 aromatic carbocycles. The number of rotatable bonds is 3. The summed E-state index contributed by atoms with van der Waals surface area (Å²) in [5.74, 6) is 0.636. The van der Waals surface area contributed by atoms with Gasteiger partial charge in [0, 0.05) is 17.8 Å². The highest BCUT2D eigenvalue weighted by Gasteiger charge is 2.38. The third-order valence-electron chi connectivity index (χ3n) is 4.37. The van der Waals surface area contributed by atoms with Crippen LogP contribution in [0.4, 0.5) is 5.69 Å². The molecule has 1 aliphatic heterocycles. The van der Waals surface area contributed by atoms with E-state index in [0.717, 1.165) is 18.7 Å². The second-order valence-electron chi connectivity index (χ2n) is 5.86. The van der Waals surface area contributed by atoms with Crippen molar-refractivity contribution in [3.05, 3.63) is 29.8 Å². The number of anilines is 1. The molecule has 1 aliphatic rings. The molecule has 2 rings (SSSR count). The standard InChI is InChI=1S/C16H23N3/c1-16(2)14(12-18-3)7-5-9-19(16)15-8-4-6-13(10-15)11-17/h4,6,8,10,14,18H,5,7,9,12H2,1-3H3. The average Bonchev–Trinajstić information content (AvgIpc) is 2.41. The maximum Gasteiger partial charge on any atom is 0.0992 e. The summed E-state index contributed by atoms with van der Waals surface area (Å²) >= 11 is 0. The molecule has 0 radical (unpaired) electrons. The summed E-state index contributed by atoms with van der Waals surface area (Å²) in [5.41, 5.74) is 2.03. The molecule has 1 unspecified atom stereocenters. The third-order valence-corrected chi connectivity index (χ3v) is 4.37. The van der Waals surface area contributed by atoms with Crippen LogP contribution in [0, 0.1) is 17.2 Å². The van der Waals surface area contributed by atoms with Gasteiger partial charge in [-0.05, 0) is 64.4 Å². The molecule has 3 nitrogen and oxygen atoms in total. The minimum absolute atomic E-state index is 0.120. The summed E-state index contributed by atoms with van der Waals surface area (Å²) in [6.07, 6.45) is 2.48. The zero-order valence-corrected chi connectivity index (χ0v) is 12.1. The summed E-state index contributed by atoms with van der Waals surface area (Å²) in [6, 6.07) is 10.2. The third kappa shape index (κ3) is 2.74. The van der Waals surface area contributed by atoms with Gasteiger partial charge in [-0.15, -0.1) is 0 Å². The van der Waals surface area contributed by atoms with Crippen LogP contribution >= 0.6 is 0 Å². The number of benzene rings is 1. The van der Waals surface area contributed by atoms with Crippen LogP contribution in [0.5, 0.6) is 0 Å². The SMILES string of the molecule is CNCC1CCCN(c2cccc(C#N)c2)C1(C)C. The molecule has 0 aromatic heterocycles. The van der Waals surface area contributed by atoms with Crippen LogP contribution in [0.1, 0.15) is 32.3 Å². The van der Waals surface area contributed by atoms with E-state index in [2.05, 4.69) is 36.2 Å². The molecule has 1 N–H and O–H groups in total. The Kier molecular flexibility index (Phi) is 4.11. The van der Waals surface area contributed by atoms with Crippen molar-refractivity contribution in [1.29, 1.82) is 5.26 Å². The van der Waals surface area contributed by atoms with Crippen molar-refractivity contribution < 1.29 is 0 Å². The van der Waals surface area contributed by atoms with E-state index in [4.69, 9.17) is 5.26 Å². The predicted octanol–water partition coefficient (Wildman–Crippen LogP) is 2.77. The number of nitrogens with one attached hydrogen (secondary N) is 1. The topological polar surface area (TPSA) is 39.1 Å². The molecule has 19 heavy (non-hydrogen) atoms. The quantitative estimate of drug-likeness (QED) is 0.905. The lowest BCUT2D eigenvalue weighted by atomic mass is 9.78. The number of hydrogen-bond donors (Lipinski definition) is 1. The Morgan fingerprint density at radius 3 is 2.95 bits per heavy atom. The van der Waals surface area contributed by atoms with E-state index in [-0.39, 0.29) is 5.54 Å². The highest BCUT2D eigenvalue weighted by atomic mass is 15.2. The van der Waals surface area contributed by atoms with Gasteiger partial charge in [-0.2, -0.15) is 5.26 Å². The van der Waals surface area contributed by atoms with Gasteiger partial charge in [0.2, 0.25) is 0 Å². The second kappa shape index (κ2) is 5.63. The minimum atomic E-state index is 0.120.